The second-order valence-corrected chi connectivity index (χ2v) is 18.7. The molecule has 0 N–H and O–H groups in total. The molecular weight excluding hydrogens is 849 g/mol. The van der Waals surface area contributed by atoms with Crippen LogP contribution in [0.5, 0.6) is 0 Å². The monoisotopic (exact) mass is 882 g/mol. The van der Waals surface area contributed by atoms with E-state index in [0.29, 0.717) is 0 Å². The first-order chi connectivity index (χ1) is 32.2. The van der Waals surface area contributed by atoms with Crippen LogP contribution in [-0.4, -0.2) is 0 Å². The lowest BCUT2D eigenvalue weighted by atomic mass is 9.90. The van der Waals surface area contributed by atoms with Crippen LogP contribution in [0.3, 0.4) is 0 Å². The van der Waals surface area contributed by atoms with Crippen molar-refractivity contribution in [1.82, 2.24) is 0 Å². The number of benzene rings is 12. The lowest BCUT2D eigenvalue weighted by Gasteiger charge is -2.12. The summed E-state index contributed by atoms with van der Waals surface area (Å²) >= 11 is 3.82. The van der Waals surface area contributed by atoms with Gasteiger partial charge < -0.3 is 0 Å². The van der Waals surface area contributed by atoms with Gasteiger partial charge in [0.25, 0.3) is 0 Å². The van der Waals surface area contributed by atoms with Crippen molar-refractivity contribution in [3.05, 3.63) is 217 Å². The Balaban J connectivity index is 0.000000120. The van der Waals surface area contributed by atoms with E-state index in [-0.39, 0.29) is 0 Å². The number of rotatable bonds is 2. The predicted octanol–water partition coefficient (Wildman–Crippen LogP) is 19.1. The lowest BCUT2D eigenvalue weighted by Crippen LogP contribution is -1.84. The number of hydrogen-bond acceptors (Lipinski definition) is 0. The molecule has 0 amide bonds. The van der Waals surface area contributed by atoms with Gasteiger partial charge in [-0.15, -0.1) is 0 Å². The largest absolute Gasteiger partial charge is 0.0622 e. The van der Waals surface area contributed by atoms with E-state index in [1.54, 1.807) is 0 Å². The second kappa shape index (κ2) is 13.1. The van der Waals surface area contributed by atoms with Crippen molar-refractivity contribution < 1.29 is 0 Å². The Morgan fingerprint density at radius 2 is 0.523 bits per heavy atom. The zero-order valence-electron chi connectivity index (χ0n) is 35.1. The molecule has 0 nitrogen and oxygen atoms in total. The highest BCUT2D eigenvalue weighted by Gasteiger charge is 2.26. The maximum Gasteiger partial charge on any atom is 0.0254 e. The first-order valence-corrected chi connectivity index (χ1v) is 23.3. The molecule has 298 valence electrons. The minimum Gasteiger partial charge on any atom is -0.0622 e. The summed E-state index contributed by atoms with van der Waals surface area (Å²) in [7, 11) is 0. The minimum atomic E-state index is 1.15. The van der Waals surface area contributed by atoms with Gasteiger partial charge in [0.1, 0.15) is 0 Å². The van der Waals surface area contributed by atoms with E-state index in [1.165, 1.54) is 152 Å². The third kappa shape index (κ3) is 4.60. The number of halogens is 1. The third-order valence-electron chi connectivity index (χ3n) is 14.7. The molecule has 0 aliphatic carbocycles. The normalized spacial score (nSPS) is 12.4. The van der Waals surface area contributed by atoms with Crippen molar-refractivity contribution in [1.29, 1.82) is 0 Å². The maximum atomic E-state index is 3.82. The van der Waals surface area contributed by atoms with Crippen LogP contribution in [0, 0.1) is 0 Å². The van der Waals surface area contributed by atoms with Gasteiger partial charge in [-0.05, 0) is 158 Å². The zero-order valence-corrected chi connectivity index (χ0v) is 36.7. The van der Waals surface area contributed by atoms with E-state index >= 15 is 0 Å². The van der Waals surface area contributed by atoms with Gasteiger partial charge in [0.2, 0.25) is 0 Å². The van der Waals surface area contributed by atoms with E-state index in [2.05, 4.69) is 228 Å². The second-order valence-electron chi connectivity index (χ2n) is 17.8. The lowest BCUT2D eigenvalue weighted by molar-refractivity contribution is 1.69. The molecule has 0 atom stereocenters. The Morgan fingerprint density at radius 3 is 1.05 bits per heavy atom. The molecule has 0 aliphatic heterocycles. The van der Waals surface area contributed by atoms with Crippen LogP contribution in [0.2, 0.25) is 0 Å². The SMILES string of the molecule is Brc1ccc2c3c1cccc3c1c(-c3ccccc3)c3cccc4c5ccccc5c(c34)c21.c1ccc(-c2c3cccc4c5ccccc5c(c34)c3c4cccc5cccc(c23)c54)cc1. The van der Waals surface area contributed by atoms with Gasteiger partial charge in [-0.3, -0.25) is 0 Å². The molecule has 0 spiro atoms. The predicted molar refractivity (Wildman–Crippen MR) is 286 cm³/mol. The molecule has 0 aliphatic rings. The quantitative estimate of drug-likeness (QED) is 0.162. The maximum absolute atomic E-state index is 3.82. The fourth-order valence-electron chi connectivity index (χ4n) is 12.4. The highest BCUT2D eigenvalue weighted by molar-refractivity contribution is 9.10. The van der Waals surface area contributed by atoms with E-state index in [4.69, 9.17) is 0 Å². The molecule has 0 unspecified atom stereocenters. The van der Waals surface area contributed by atoms with Crippen LogP contribution in [0.15, 0.2) is 217 Å². The molecular formula is C64H35Br. The average molecular weight is 884 g/mol. The molecule has 0 fully saturated rings. The van der Waals surface area contributed by atoms with Gasteiger partial charge in [0, 0.05) is 4.47 Å². The van der Waals surface area contributed by atoms with Gasteiger partial charge in [-0.2, -0.15) is 0 Å². The average Bonchev–Trinajstić information content (AvgIpc) is 4.09. The molecule has 0 saturated carbocycles. The van der Waals surface area contributed by atoms with Gasteiger partial charge >= 0.3 is 0 Å². The smallest absolute Gasteiger partial charge is 0.0254 e. The zero-order chi connectivity index (χ0) is 42.5. The van der Waals surface area contributed by atoms with Crippen LogP contribution < -0.4 is 0 Å². The molecule has 16 rings (SSSR count). The van der Waals surface area contributed by atoms with E-state index < -0.39 is 0 Å². The summed E-state index contributed by atoms with van der Waals surface area (Å²) in [5.74, 6) is 0. The molecule has 0 saturated heterocycles. The van der Waals surface area contributed by atoms with Gasteiger partial charge in [-0.1, -0.05) is 222 Å². The van der Waals surface area contributed by atoms with E-state index in [0.717, 1.165) is 4.47 Å². The molecule has 1 heteroatoms. The summed E-state index contributed by atoms with van der Waals surface area (Å²) in [5, 5.41) is 32.7. The first-order valence-electron chi connectivity index (χ1n) is 22.5. The summed E-state index contributed by atoms with van der Waals surface area (Å²) in [6.07, 6.45) is 0. The molecule has 16 aromatic carbocycles. The van der Waals surface area contributed by atoms with Crippen molar-refractivity contribution in [2.75, 3.05) is 0 Å². The Kier molecular flexibility index (Phi) is 7.18. The van der Waals surface area contributed by atoms with Crippen molar-refractivity contribution in [2.24, 2.45) is 0 Å². The minimum absolute atomic E-state index is 1.15. The van der Waals surface area contributed by atoms with Crippen molar-refractivity contribution in [2.45, 2.75) is 0 Å². The fraction of sp³-hybridized carbons (Fsp3) is 0. The van der Waals surface area contributed by atoms with Crippen molar-refractivity contribution in [3.63, 3.8) is 0 Å². The number of fused-ring (bicyclic) bond motifs is 14. The molecule has 0 aromatic heterocycles. The van der Waals surface area contributed by atoms with Crippen LogP contribution in [-0.2, 0) is 0 Å². The Morgan fingerprint density at radius 1 is 0.185 bits per heavy atom. The standard InChI is InChI=1S/C32H17Br.C32H18/c33-26-17-16-25-28-22(26)13-7-15-24(28)31-27(18-8-2-1-3-9-18)23-14-6-12-20-19-10-4-5-11-21(19)30(29(20)23)32(25)31;1-2-9-20(10-3-1)28-26-18-8-15-22-21-13-4-5-14-23(21)30(29(22)26)32-25-17-7-12-19-11-6-16-24(27(19)25)31(28)32/h1-17H;1-18H. The van der Waals surface area contributed by atoms with E-state index in [9.17, 15) is 0 Å². The molecule has 0 bridgehead atoms. The Bertz CT molecular complexity index is 4560. The third-order valence-corrected chi connectivity index (χ3v) is 15.4. The summed E-state index contributed by atoms with van der Waals surface area (Å²) in [6, 6.07) is 78.1. The van der Waals surface area contributed by atoms with Crippen molar-refractivity contribution >= 4 is 145 Å². The molecule has 65 heavy (non-hydrogen) atoms. The van der Waals surface area contributed by atoms with Crippen LogP contribution in [0.1, 0.15) is 0 Å². The van der Waals surface area contributed by atoms with Gasteiger partial charge in [0.05, 0.1) is 0 Å². The van der Waals surface area contributed by atoms with Crippen LogP contribution in [0.4, 0.5) is 0 Å². The summed E-state index contributed by atoms with van der Waals surface area (Å²) < 4.78 is 1.15. The highest BCUT2D eigenvalue weighted by atomic mass is 79.9. The molecule has 16 aromatic rings. The number of hydrogen-bond donors (Lipinski definition) is 0. The van der Waals surface area contributed by atoms with Gasteiger partial charge in [0.15, 0.2) is 0 Å². The Labute approximate surface area is 382 Å². The van der Waals surface area contributed by atoms with E-state index in [1.807, 2.05) is 0 Å². The van der Waals surface area contributed by atoms with Crippen LogP contribution in [0.25, 0.3) is 152 Å². The summed E-state index contributed by atoms with van der Waals surface area (Å²) in [4.78, 5) is 0. The highest BCUT2D eigenvalue weighted by Crippen LogP contribution is 2.55. The first kappa shape index (κ1) is 35.6. The fourth-order valence-corrected chi connectivity index (χ4v) is 12.8. The van der Waals surface area contributed by atoms with Gasteiger partial charge in [-0.25, -0.2) is 0 Å². The van der Waals surface area contributed by atoms with Crippen LogP contribution >= 0.6 is 15.9 Å². The molecule has 0 heterocycles. The summed E-state index contributed by atoms with van der Waals surface area (Å²) in [6.45, 7) is 0. The molecule has 0 radical (unpaired) electrons. The Hall–Kier alpha value is -7.84. The van der Waals surface area contributed by atoms with Crippen molar-refractivity contribution in [3.8, 4) is 22.3 Å². The summed E-state index contributed by atoms with van der Waals surface area (Å²) in [5.41, 5.74) is 5.27. The topological polar surface area (TPSA) is 0 Å².